The van der Waals surface area contributed by atoms with Crippen molar-refractivity contribution in [1.82, 2.24) is 0 Å². The van der Waals surface area contributed by atoms with Crippen LogP contribution in [0.4, 0.5) is 5.69 Å². The number of methoxy groups -OCH3 is 1. The van der Waals surface area contributed by atoms with Gasteiger partial charge in [0, 0.05) is 11.3 Å². The van der Waals surface area contributed by atoms with Crippen LogP contribution in [-0.4, -0.2) is 32.4 Å². The van der Waals surface area contributed by atoms with E-state index in [0.717, 1.165) is 5.56 Å². The van der Waals surface area contributed by atoms with Crippen LogP contribution in [0.1, 0.15) is 18.1 Å². The van der Waals surface area contributed by atoms with E-state index in [9.17, 15) is 4.79 Å². The van der Waals surface area contributed by atoms with E-state index in [-0.39, 0.29) is 12.5 Å². The number of anilines is 1. The Hall–Kier alpha value is -3.53. The van der Waals surface area contributed by atoms with Gasteiger partial charge in [-0.2, -0.15) is 5.26 Å². The second-order valence-electron chi connectivity index (χ2n) is 5.09. The molecule has 0 atom stereocenters. The average Bonchev–Trinajstić information content (AvgIpc) is 2.66. The van der Waals surface area contributed by atoms with Gasteiger partial charge in [-0.1, -0.05) is 11.2 Å². The SMILES string of the molecule is CCOc1ccc(/C=N/OCC(=O)Nc2cccc(C#N)c2)cc1OC. The maximum Gasteiger partial charge on any atom is 0.265 e. The first-order valence-corrected chi connectivity index (χ1v) is 7.92. The number of amides is 1. The molecule has 1 amide bonds. The molecule has 0 aromatic heterocycles. The van der Waals surface area contributed by atoms with Gasteiger partial charge in [0.25, 0.3) is 5.91 Å². The summed E-state index contributed by atoms with van der Waals surface area (Å²) in [6.07, 6.45) is 1.47. The van der Waals surface area contributed by atoms with Gasteiger partial charge in [0.1, 0.15) is 0 Å². The summed E-state index contributed by atoms with van der Waals surface area (Å²) < 4.78 is 10.7. The van der Waals surface area contributed by atoms with Gasteiger partial charge in [0.2, 0.25) is 0 Å². The molecule has 0 unspecified atom stereocenters. The Morgan fingerprint density at radius 2 is 2.12 bits per heavy atom. The number of benzene rings is 2. The highest BCUT2D eigenvalue weighted by molar-refractivity contribution is 5.91. The van der Waals surface area contributed by atoms with Crippen molar-refractivity contribution in [3.63, 3.8) is 0 Å². The van der Waals surface area contributed by atoms with E-state index in [0.29, 0.717) is 29.4 Å². The highest BCUT2D eigenvalue weighted by Gasteiger charge is 2.05. The van der Waals surface area contributed by atoms with Crippen LogP contribution in [0.3, 0.4) is 0 Å². The fraction of sp³-hybridized carbons (Fsp3) is 0.211. The van der Waals surface area contributed by atoms with Crippen LogP contribution in [-0.2, 0) is 9.63 Å². The molecule has 134 valence electrons. The molecule has 0 saturated heterocycles. The molecule has 0 bridgehead atoms. The number of nitrogens with one attached hydrogen (secondary N) is 1. The molecular formula is C19H19N3O4. The predicted molar refractivity (Wildman–Crippen MR) is 97.5 cm³/mol. The molecule has 26 heavy (non-hydrogen) atoms. The van der Waals surface area contributed by atoms with Gasteiger partial charge in [-0.3, -0.25) is 4.79 Å². The third kappa shape index (κ3) is 5.53. The fourth-order valence-corrected chi connectivity index (χ4v) is 2.10. The van der Waals surface area contributed by atoms with Gasteiger partial charge in [-0.15, -0.1) is 0 Å². The van der Waals surface area contributed by atoms with Crippen molar-refractivity contribution >= 4 is 17.8 Å². The van der Waals surface area contributed by atoms with E-state index in [4.69, 9.17) is 19.6 Å². The van der Waals surface area contributed by atoms with Gasteiger partial charge >= 0.3 is 0 Å². The predicted octanol–water partition coefficient (Wildman–Crippen LogP) is 2.95. The highest BCUT2D eigenvalue weighted by atomic mass is 16.6. The van der Waals surface area contributed by atoms with E-state index < -0.39 is 0 Å². The number of ether oxygens (including phenoxy) is 2. The minimum atomic E-state index is -0.374. The molecule has 0 saturated carbocycles. The lowest BCUT2D eigenvalue weighted by Crippen LogP contribution is -2.17. The van der Waals surface area contributed by atoms with Gasteiger partial charge in [-0.05, 0) is 43.3 Å². The van der Waals surface area contributed by atoms with Crippen LogP contribution >= 0.6 is 0 Å². The number of carbonyl (C=O) groups is 1. The number of nitrogens with zero attached hydrogens (tertiary/aromatic N) is 2. The van der Waals surface area contributed by atoms with Gasteiger partial charge in [0.05, 0.1) is 31.6 Å². The third-order valence-corrected chi connectivity index (χ3v) is 3.23. The number of nitriles is 1. The highest BCUT2D eigenvalue weighted by Crippen LogP contribution is 2.27. The maximum atomic E-state index is 11.8. The van der Waals surface area contributed by atoms with E-state index >= 15 is 0 Å². The van der Waals surface area contributed by atoms with Crippen molar-refractivity contribution in [1.29, 1.82) is 5.26 Å². The number of hydrogen-bond acceptors (Lipinski definition) is 6. The Bertz CT molecular complexity index is 828. The number of rotatable bonds is 8. The van der Waals surface area contributed by atoms with Crippen molar-refractivity contribution in [2.45, 2.75) is 6.92 Å². The third-order valence-electron chi connectivity index (χ3n) is 3.23. The molecule has 0 fully saturated rings. The van der Waals surface area contributed by atoms with E-state index in [1.165, 1.54) is 6.21 Å². The van der Waals surface area contributed by atoms with Crippen LogP contribution in [0.15, 0.2) is 47.6 Å². The minimum Gasteiger partial charge on any atom is -0.493 e. The van der Waals surface area contributed by atoms with Crippen LogP contribution in [0.25, 0.3) is 0 Å². The number of carbonyl (C=O) groups excluding carboxylic acids is 1. The summed E-state index contributed by atoms with van der Waals surface area (Å²) in [5.41, 5.74) is 1.73. The van der Waals surface area contributed by atoms with Crippen molar-refractivity contribution in [2.75, 3.05) is 25.6 Å². The normalized spacial score (nSPS) is 10.2. The summed E-state index contributed by atoms with van der Waals surface area (Å²) in [6, 6.07) is 13.9. The lowest BCUT2D eigenvalue weighted by Gasteiger charge is -2.09. The molecule has 0 aliphatic rings. The summed E-state index contributed by atoms with van der Waals surface area (Å²) in [7, 11) is 1.56. The molecule has 2 aromatic carbocycles. The lowest BCUT2D eigenvalue weighted by molar-refractivity contribution is -0.120. The number of oxime groups is 1. The summed E-state index contributed by atoms with van der Waals surface area (Å²) in [5, 5.41) is 15.2. The van der Waals surface area contributed by atoms with Crippen molar-refractivity contribution < 1.29 is 19.1 Å². The monoisotopic (exact) mass is 353 g/mol. The summed E-state index contributed by atoms with van der Waals surface area (Å²) in [6.45, 7) is 2.19. The van der Waals surface area contributed by atoms with Crippen LogP contribution in [0.2, 0.25) is 0 Å². The second-order valence-corrected chi connectivity index (χ2v) is 5.09. The van der Waals surface area contributed by atoms with Gasteiger partial charge in [-0.25, -0.2) is 0 Å². The van der Waals surface area contributed by atoms with E-state index in [1.54, 1.807) is 49.6 Å². The summed E-state index contributed by atoms with van der Waals surface area (Å²) in [4.78, 5) is 16.8. The fourth-order valence-electron chi connectivity index (χ4n) is 2.10. The molecule has 0 heterocycles. The zero-order valence-corrected chi connectivity index (χ0v) is 14.6. The zero-order chi connectivity index (χ0) is 18.8. The Balaban J connectivity index is 1.86. The van der Waals surface area contributed by atoms with Crippen molar-refractivity contribution in [3.05, 3.63) is 53.6 Å². The van der Waals surface area contributed by atoms with Crippen LogP contribution < -0.4 is 14.8 Å². The Morgan fingerprint density at radius 1 is 1.27 bits per heavy atom. The molecule has 0 radical (unpaired) electrons. The lowest BCUT2D eigenvalue weighted by atomic mass is 10.2. The smallest absolute Gasteiger partial charge is 0.265 e. The maximum absolute atomic E-state index is 11.8. The molecule has 1 N–H and O–H groups in total. The first-order valence-electron chi connectivity index (χ1n) is 7.92. The van der Waals surface area contributed by atoms with Crippen LogP contribution in [0.5, 0.6) is 11.5 Å². The minimum absolute atomic E-state index is 0.249. The molecule has 7 heteroatoms. The molecule has 2 aromatic rings. The van der Waals surface area contributed by atoms with E-state index in [1.807, 2.05) is 13.0 Å². The standard InChI is InChI=1S/C19H19N3O4/c1-3-25-17-8-7-15(10-18(17)24-2)12-21-26-13-19(23)22-16-6-4-5-14(9-16)11-20/h4-10,12H,3,13H2,1-2H3,(H,22,23)/b21-12+. The summed E-state index contributed by atoms with van der Waals surface area (Å²) >= 11 is 0. The Morgan fingerprint density at radius 3 is 2.85 bits per heavy atom. The molecule has 0 spiro atoms. The zero-order valence-electron chi connectivity index (χ0n) is 14.6. The topological polar surface area (TPSA) is 92.9 Å². The molecule has 0 aliphatic carbocycles. The Kier molecular flexibility index (Phi) is 7.01. The molecule has 0 aliphatic heterocycles. The largest absolute Gasteiger partial charge is 0.493 e. The molecular weight excluding hydrogens is 334 g/mol. The van der Waals surface area contributed by atoms with E-state index in [2.05, 4.69) is 10.5 Å². The first-order chi connectivity index (χ1) is 12.7. The van der Waals surface area contributed by atoms with Crippen LogP contribution in [0, 0.1) is 11.3 Å². The quantitative estimate of drug-likeness (QED) is 0.582. The molecule has 2 rings (SSSR count). The first kappa shape index (κ1) is 18.8. The summed E-state index contributed by atoms with van der Waals surface area (Å²) in [5.74, 6) is 0.861. The Labute approximate surface area is 151 Å². The van der Waals surface area contributed by atoms with Gasteiger partial charge in [0.15, 0.2) is 18.1 Å². The average molecular weight is 353 g/mol. The second kappa shape index (κ2) is 9.69. The van der Waals surface area contributed by atoms with Crippen molar-refractivity contribution in [2.24, 2.45) is 5.16 Å². The molecule has 7 nitrogen and oxygen atoms in total. The van der Waals surface area contributed by atoms with Crippen molar-refractivity contribution in [3.8, 4) is 17.6 Å². The number of hydrogen-bond donors (Lipinski definition) is 1. The van der Waals surface area contributed by atoms with Gasteiger partial charge < -0.3 is 19.6 Å².